The minimum Gasteiger partial charge on any atom is -1.00 e. The summed E-state index contributed by atoms with van der Waals surface area (Å²) in [5, 5.41) is 0. The molecule has 0 bridgehead atoms. The summed E-state index contributed by atoms with van der Waals surface area (Å²) in [5.74, 6) is 0. The zero-order valence-electron chi connectivity index (χ0n) is 13.5. The molecule has 115 valence electrons. The summed E-state index contributed by atoms with van der Waals surface area (Å²) in [7, 11) is 0. The molecule has 2 rings (SSSR count). The SMILES string of the molecule is CCC1=[C]([Zr+2])C(CC)(C2=CC=CC2)C(CC)=C1CC.[Cl-].[Cl-]. The Bertz CT molecular complexity index is 497. The van der Waals surface area contributed by atoms with Crippen LogP contribution in [0.15, 0.2) is 43.8 Å². The predicted octanol–water partition coefficient (Wildman–Crippen LogP) is -0.382. The number of halogens is 2. The van der Waals surface area contributed by atoms with Gasteiger partial charge in [0.05, 0.1) is 0 Å². The molecule has 0 fully saturated rings. The maximum Gasteiger partial charge on any atom is -1.00 e. The molecule has 0 aromatic rings. The summed E-state index contributed by atoms with van der Waals surface area (Å²) >= 11 is 1.62. The van der Waals surface area contributed by atoms with Crippen LogP contribution in [0, 0.1) is 5.41 Å². The van der Waals surface area contributed by atoms with Crippen LogP contribution in [-0.2, 0) is 24.7 Å². The predicted molar refractivity (Wildman–Crippen MR) is 79.5 cm³/mol. The molecule has 0 aromatic heterocycles. The Morgan fingerprint density at radius 3 is 2.00 bits per heavy atom. The van der Waals surface area contributed by atoms with Crippen molar-refractivity contribution in [3.8, 4) is 0 Å². The Morgan fingerprint density at radius 2 is 1.62 bits per heavy atom. The second kappa shape index (κ2) is 8.90. The molecule has 0 amide bonds. The molecule has 21 heavy (non-hydrogen) atoms. The molecule has 0 saturated heterocycles. The third kappa shape index (κ3) is 3.22. The molecule has 0 saturated carbocycles. The van der Waals surface area contributed by atoms with Gasteiger partial charge in [0.15, 0.2) is 0 Å². The van der Waals surface area contributed by atoms with E-state index in [1.54, 1.807) is 50.3 Å². The summed E-state index contributed by atoms with van der Waals surface area (Å²) < 4.78 is 1.73. The molecule has 3 heteroatoms. The van der Waals surface area contributed by atoms with Gasteiger partial charge in [0, 0.05) is 0 Å². The average molecular weight is 404 g/mol. The zero-order valence-corrected chi connectivity index (χ0v) is 17.5. The molecule has 0 heterocycles. The molecular weight excluding hydrogens is 378 g/mol. The molecule has 0 radical (unpaired) electrons. The molecule has 0 spiro atoms. The van der Waals surface area contributed by atoms with Gasteiger partial charge in [-0.05, 0) is 0 Å². The third-order valence-corrected chi connectivity index (χ3v) is 6.67. The van der Waals surface area contributed by atoms with Crippen LogP contribution in [-0.4, -0.2) is 0 Å². The number of hydrogen-bond donors (Lipinski definition) is 0. The van der Waals surface area contributed by atoms with Crippen LogP contribution in [0.3, 0.4) is 0 Å². The minimum atomic E-state index is 0. The van der Waals surface area contributed by atoms with Crippen molar-refractivity contribution in [2.24, 2.45) is 5.41 Å². The van der Waals surface area contributed by atoms with Gasteiger partial charge in [0.25, 0.3) is 0 Å². The van der Waals surface area contributed by atoms with Crippen molar-refractivity contribution in [2.75, 3.05) is 0 Å². The van der Waals surface area contributed by atoms with Gasteiger partial charge < -0.3 is 24.8 Å². The van der Waals surface area contributed by atoms with Crippen LogP contribution < -0.4 is 24.8 Å². The van der Waals surface area contributed by atoms with Crippen molar-refractivity contribution in [1.29, 1.82) is 0 Å². The zero-order chi connectivity index (χ0) is 14.0. The Hall–Kier alpha value is 0.423. The molecular formula is C18H25Cl2Zr. The van der Waals surface area contributed by atoms with E-state index in [9.17, 15) is 0 Å². The van der Waals surface area contributed by atoms with Crippen LogP contribution >= 0.6 is 0 Å². The molecule has 0 N–H and O–H groups in total. The third-order valence-electron chi connectivity index (χ3n) is 4.88. The quantitative estimate of drug-likeness (QED) is 0.587. The fourth-order valence-corrected chi connectivity index (χ4v) is 6.07. The minimum absolute atomic E-state index is 0. The fourth-order valence-electron chi connectivity index (χ4n) is 4.07. The van der Waals surface area contributed by atoms with E-state index in [4.69, 9.17) is 0 Å². The number of rotatable bonds is 5. The van der Waals surface area contributed by atoms with Crippen molar-refractivity contribution in [2.45, 2.75) is 59.8 Å². The Labute approximate surface area is 157 Å². The molecule has 0 nitrogen and oxygen atoms in total. The first-order valence-corrected chi connectivity index (χ1v) is 8.94. The standard InChI is InChI=1S/C18H25.2ClH.Zr/c1-5-14-13-18(8-4,15-11-9-10-12-15)17(7-3)16(14)6-2;;;/h9-11H,5-8,12H2,1-4H3;2*1H;/q;;;+2/p-2. The summed E-state index contributed by atoms with van der Waals surface area (Å²) in [4.78, 5) is 0. The summed E-state index contributed by atoms with van der Waals surface area (Å²) in [6.07, 6.45) is 12.9. The monoisotopic (exact) mass is 401 g/mol. The van der Waals surface area contributed by atoms with Gasteiger partial charge in [-0.3, -0.25) is 0 Å². The summed E-state index contributed by atoms with van der Waals surface area (Å²) in [6.45, 7) is 9.39. The molecule has 2 aliphatic rings. The van der Waals surface area contributed by atoms with Crippen LogP contribution in [0.5, 0.6) is 0 Å². The Morgan fingerprint density at radius 1 is 1.00 bits per heavy atom. The van der Waals surface area contributed by atoms with Crippen LogP contribution in [0.2, 0.25) is 0 Å². The van der Waals surface area contributed by atoms with Crippen LogP contribution in [0.25, 0.3) is 0 Å². The Kier molecular flexibility index (Phi) is 9.08. The van der Waals surface area contributed by atoms with Gasteiger partial charge in [-0.2, -0.15) is 0 Å². The van der Waals surface area contributed by atoms with E-state index in [1.807, 2.05) is 0 Å². The topological polar surface area (TPSA) is 0 Å². The van der Waals surface area contributed by atoms with E-state index in [-0.39, 0.29) is 30.2 Å². The van der Waals surface area contributed by atoms with Gasteiger partial charge in [-0.25, -0.2) is 0 Å². The largest absolute Gasteiger partial charge is 1.00 e. The molecule has 2 aliphatic carbocycles. The smallest absolute Gasteiger partial charge is 1.00 e. The first-order valence-electron chi connectivity index (χ1n) is 7.71. The van der Waals surface area contributed by atoms with Crippen molar-refractivity contribution in [1.82, 2.24) is 0 Å². The van der Waals surface area contributed by atoms with Gasteiger partial charge >= 0.3 is 134 Å². The van der Waals surface area contributed by atoms with E-state index < -0.39 is 0 Å². The van der Waals surface area contributed by atoms with E-state index in [2.05, 4.69) is 45.9 Å². The average Bonchev–Trinajstić information content (AvgIpc) is 3.03. The molecule has 1 unspecified atom stereocenters. The molecule has 0 aliphatic heterocycles. The van der Waals surface area contributed by atoms with Crippen molar-refractivity contribution in [3.05, 3.63) is 43.8 Å². The van der Waals surface area contributed by atoms with Crippen molar-refractivity contribution < 1.29 is 49.5 Å². The van der Waals surface area contributed by atoms with E-state index in [0.717, 1.165) is 6.42 Å². The van der Waals surface area contributed by atoms with Crippen LogP contribution in [0.1, 0.15) is 59.8 Å². The first kappa shape index (κ1) is 21.4. The second-order valence-electron chi connectivity index (χ2n) is 5.45. The fraction of sp³-hybridized carbons (Fsp3) is 0.556. The van der Waals surface area contributed by atoms with Gasteiger partial charge in [0.2, 0.25) is 0 Å². The van der Waals surface area contributed by atoms with E-state index in [1.165, 1.54) is 25.7 Å². The molecule has 1 atom stereocenters. The molecule has 0 aromatic carbocycles. The number of allylic oxidation sites excluding steroid dienone is 8. The van der Waals surface area contributed by atoms with Gasteiger partial charge in [-0.15, -0.1) is 0 Å². The maximum atomic E-state index is 2.38. The van der Waals surface area contributed by atoms with Gasteiger partial charge in [0.1, 0.15) is 0 Å². The van der Waals surface area contributed by atoms with Crippen LogP contribution in [0.4, 0.5) is 0 Å². The van der Waals surface area contributed by atoms with E-state index >= 15 is 0 Å². The summed E-state index contributed by atoms with van der Waals surface area (Å²) in [6, 6.07) is 0. The normalized spacial score (nSPS) is 24.2. The Balaban J connectivity index is 0.00000200. The first-order chi connectivity index (χ1) is 9.17. The second-order valence-corrected chi connectivity index (χ2v) is 6.68. The number of hydrogen-bond acceptors (Lipinski definition) is 0. The maximum absolute atomic E-state index is 2.38. The van der Waals surface area contributed by atoms with Gasteiger partial charge in [-0.1, -0.05) is 0 Å². The van der Waals surface area contributed by atoms with Crippen molar-refractivity contribution in [3.63, 3.8) is 0 Å². The van der Waals surface area contributed by atoms with E-state index in [0.29, 0.717) is 0 Å². The summed E-state index contributed by atoms with van der Waals surface area (Å²) in [5.41, 5.74) is 7.04. The van der Waals surface area contributed by atoms with Crippen molar-refractivity contribution >= 4 is 0 Å².